The second-order valence-corrected chi connectivity index (χ2v) is 9.89. The van der Waals surface area contributed by atoms with Crippen LogP contribution in [0.2, 0.25) is 0 Å². The van der Waals surface area contributed by atoms with Crippen molar-refractivity contribution in [3.05, 3.63) is 100.0 Å². The molecule has 0 bridgehead atoms. The SMILES string of the molecule is Cc1cccc(C)c1NC(=O)COc1ccccc1/C=C1\SC(=S)N(CCc2ccccc2)C1=O. The molecule has 3 aromatic carbocycles. The number of hydrogen-bond donors (Lipinski definition) is 1. The highest BCUT2D eigenvalue weighted by atomic mass is 32.2. The zero-order valence-corrected chi connectivity index (χ0v) is 21.2. The van der Waals surface area contributed by atoms with Crippen LogP contribution in [0.25, 0.3) is 6.08 Å². The first-order valence-corrected chi connectivity index (χ1v) is 12.5. The highest BCUT2D eigenvalue weighted by molar-refractivity contribution is 8.26. The fourth-order valence-corrected chi connectivity index (χ4v) is 5.08. The van der Waals surface area contributed by atoms with Gasteiger partial charge in [0.1, 0.15) is 10.1 Å². The van der Waals surface area contributed by atoms with Crippen molar-refractivity contribution in [2.45, 2.75) is 20.3 Å². The smallest absolute Gasteiger partial charge is 0.266 e. The Balaban J connectivity index is 1.42. The first kappa shape index (κ1) is 24.7. The van der Waals surface area contributed by atoms with Gasteiger partial charge in [-0.2, -0.15) is 0 Å². The molecule has 0 atom stereocenters. The van der Waals surface area contributed by atoms with Crippen LogP contribution in [0.4, 0.5) is 5.69 Å². The third-order valence-corrected chi connectivity index (χ3v) is 7.03. The molecular formula is C28H26N2O3S2. The molecule has 0 saturated carbocycles. The molecule has 0 spiro atoms. The van der Waals surface area contributed by atoms with Gasteiger partial charge in [0, 0.05) is 17.8 Å². The van der Waals surface area contributed by atoms with E-state index in [0.29, 0.717) is 21.5 Å². The summed E-state index contributed by atoms with van der Waals surface area (Å²) in [6, 6.07) is 23.2. The molecule has 35 heavy (non-hydrogen) atoms. The Morgan fingerprint density at radius 3 is 2.43 bits per heavy atom. The van der Waals surface area contributed by atoms with Crippen LogP contribution >= 0.6 is 24.0 Å². The first-order chi connectivity index (χ1) is 16.9. The minimum atomic E-state index is -0.246. The summed E-state index contributed by atoms with van der Waals surface area (Å²) in [6.07, 6.45) is 2.51. The predicted octanol–water partition coefficient (Wildman–Crippen LogP) is 5.76. The molecule has 1 heterocycles. The van der Waals surface area contributed by atoms with E-state index in [-0.39, 0.29) is 18.4 Å². The number of para-hydroxylation sites is 2. The molecule has 0 aromatic heterocycles. The fraction of sp³-hybridized carbons (Fsp3) is 0.179. The van der Waals surface area contributed by atoms with Gasteiger partial charge < -0.3 is 10.1 Å². The van der Waals surface area contributed by atoms with Gasteiger partial charge in [0.15, 0.2) is 6.61 Å². The van der Waals surface area contributed by atoms with Crippen molar-refractivity contribution in [3.63, 3.8) is 0 Å². The monoisotopic (exact) mass is 502 g/mol. The zero-order valence-electron chi connectivity index (χ0n) is 19.6. The number of nitrogens with one attached hydrogen (secondary N) is 1. The van der Waals surface area contributed by atoms with E-state index < -0.39 is 0 Å². The van der Waals surface area contributed by atoms with E-state index >= 15 is 0 Å². The van der Waals surface area contributed by atoms with Gasteiger partial charge >= 0.3 is 0 Å². The van der Waals surface area contributed by atoms with E-state index in [4.69, 9.17) is 17.0 Å². The highest BCUT2D eigenvalue weighted by Crippen LogP contribution is 2.34. The van der Waals surface area contributed by atoms with Gasteiger partial charge in [-0.3, -0.25) is 14.5 Å². The number of carbonyl (C=O) groups is 2. The second kappa shape index (κ2) is 11.3. The topological polar surface area (TPSA) is 58.6 Å². The van der Waals surface area contributed by atoms with Crippen LogP contribution < -0.4 is 10.1 Å². The van der Waals surface area contributed by atoms with Crippen molar-refractivity contribution >= 4 is 51.9 Å². The fourth-order valence-electron chi connectivity index (χ4n) is 3.78. The van der Waals surface area contributed by atoms with Crippen LogP contribution in [0.1, 0.15) is 22.3 Å². The summed E-state index contributed by atoms with van der Waals surface area (Å²) in [5.41, 5.74) is 4.66. The molecule has 1 aliphatic rings. The normalized spacial score (nSPS) is 14.5. The molecule has 1 saturated heterocycles. The average Bonchev–Trinajstić information content (AvgIpc) is 3.12. The molecule has 5 nitrogen and oxygen atoms in total. The molecular weight excluding hydrogens is 476 g/mol. The van der Waals surface area contributed by atoms with Gasteiger partial charge in [0.2, 0.25) is 0 Å². The Labute approximate surface area is 215 Å². The lowest BCUT2D eigenvalue weighted by Crippen LogP contribution is -2.30. The summed E-state index contributed by atoms with van der Waals surface area (Å²) in [6.45, 7) is 4.29. The van der Waals surface area contributed by atoms with Crippen molar-refractivity contribution in [1.82, 2.24) is 4.90 Å². The van der Waals surface area contributed by atoms with Crippen LogP contribution in [-0.2, 0) is 16.0 Å². The lowest BCUT2D eigenvalue weighted by atomic mass is 10.1. The Kier molecular flexibility index (Phi) is 8.00. The maximum atomic E-state index is 13.0. The third kappa shape index (κ3) is 6.18. The molecule has 2 amide bonds. The van der Waals surface area contributed by atoms with Crippen LogP contribution in [0, 0.1) is 13.8 Å². The van der Waals surface area contributed by atoms with Crippen molar-refractivity contribution < 1.29 is 14.3 Å². The number of anilines is 1. The number of ether oxygens (including phenoxy) is 1. The molecule has 0 unspecified atom stereocenters. The largest absolute Gasteiger partial charge is 0.483 e. The van der Waals surface area contributed by atoms with Gasteiger partial charge in [-0.25, -0.2) is 0 Å². The quantitative estimate of drug-likeness (QED) is 0.313. The summed E-state index contributed by atoms with van der Waals surface area (Å²) in [4.78, 5) is 27.7. The average molecular weight is 503 g/mol. The number of thiocarbonyl (C=S) groups is 1. The minimum absolute atomic E-state index is 0.112. The van der Waals surface area contributed by atoms with Crippen LogP contribution in [-0.4, -0.2) is 34.2 Å². The van der Waals surface area contributed by atoms with E-state index in [1.165, 1.54) is 11.8 Å². The number of benzene rings is 3. The maximum absolute atomic E-state index is 13.0. The number of nitrogens with zero attached hydrogens (tertiary/aromatic N) is 1. The highest BCUT2D eigenvalue weighted by Gasteiger charge is 2.31. The van der Waals surface area contributed by atoms with Crippen LogP contribution in [0.3, 0.4) is 0 Å². The minimum Gasteiger partial charge on any atom is -0.483 e. The van der Waals surface area contributed by atoms with Gasteiger partial charge in [-0.15, -0.1) is 0 Å². The Hall–Kier alpha value is -3.42. The molecule has 0 aliphatic carbocycles. The van der Waals surface area contributed by atoms with Crippen LogP contribution in [0.5, 0.6) is 5.75 Å². The number of rotatable bonds is 8. The number of carbonyl (C=O) groups excluding carboxylic acids is 2. The van der Waals surface area contributed by atoms with Gasteiger partial charge in [-0.05, 0) is 49.1 Å². The second-order valence-electron chi connectivity index (χ2n) is 8.21. The molecule has 1 fully saturated rings. The molecule has 1 aliphatic heterocycles. The number of hydrogen-bond acceptors (Lipinski definition) is 5. The predicted molar refractivity (Wildman–Crippen MR) is 147 cm³/mol. The Morgan fingerprint density at radius 2 is 1.69 bits per heavy atom. The van der Waals surface area contributed by atoms with E-state index in [1.54, 1.807) is 17.0 Å². The summed E-state index contributed by atoms with van der Waals surface area (Å²) in [5.74, 6) is 0.168. The summed E-state index contributed by atoms with van der Waals surface area (Å²) in [7, 11) is 0. The van der Waals surface area contributed by atoms with Gasteiger partial charge in [0.05, 0.1) is 4.91 Å². The Bertz CT molecular complexity index is 1270. The number of thioether (sulfide) groups is 1. The van der Waals surface area contributed by atoms with E-state index in [1.807, 2.05) is 80.6 Å². The number of aryl methyl sites for hydroxylation is 2. The molecule has 1 N–H and O–H groups in total. The molecule has 178 valence electrons. The van der Waals surface area contributed by atoms with Gasteiger partial charge in [-0.1, -0.05) is 90.7 Å². The molecule has 3 aromatic rings. The maximum Gasteiger partial charge on any atom is 0.266 e. The lowest BCUT2D eigenvalue weighted by molar-refractivity contribution is -0.122. The van der Waals surface area contributed by atoms with Crippen molar-refractivity contribution in [2.24, 2.45) is 0 Å². The van der Waals surface area contributed by atoms with E-state index in [2.05, 4.69) is 5.32 Å². The summed E-state index contributed by atoms with van der Waals surface area (Å²) in [5, 5.41) is 2.93. The summed E-state index contributed by atoms with van der Waals surface area (Å²) >= 11 is 6.75. The number of amides is 2. The third-order valence-electron chi connectivity index (χ3n) is 5.65. The van der Waals surface area contributed by atoms with E-state index in [0.717, 1.165) is 34.4 Å². The van der Waals surface area contributed by atoms with Crippen molar-refractivity contribution in [2.75, 3.05) is 18.5 Å². The first-order valence-electron chi connectivity index (χ1n) is 11.3. The molecule has 4 rings (SSSR count). The lowest BCUT2D eigenvalue weighted by Gasteiger charge is -2.14. The summed E-state index contributed by atoms with van der Waals surface area (Å²) < 4.78 is 6.38. The standard InChI is InChI=1S/C28H26N2O3S2/c1-19-9-8-10-20(2)26(19)29-25(31)18-33-23-14-7-6-13-22(23)17-24-27(32)30(28(34)35-24)16-15-21-11-4-3-5-12-21/h3-14,17H,15-16,18H2,1-2H3,(H,29,31)/b24-17-. The zero-order chi connectivity index (χ0) is 24.8. The molecule has 7 heteroatoms. The van der Waals surface area contributed by atoms with E-state index in [9.17, 15) is 9.59 Å². The van der Waals surface area contributed by atoms with Gasteiger partial charge in [0.25, 0.3) is 11.8 Å². The van der Waals surface area contributed by atoms with Crippen molar-refractivity contribution in [3.8, 4) is 5.75 Å². The van der Waals surface area contributed by atoms with Crippen LogP contribution in [0.15, 0.2) is 77.7 Å². The van der Waals surface area contributed by atoms with Crippen molar-refractivity contribution in [1.29, 1.82) is 0 Å². The molecule has 0 radical (unpaired) electrons. The Morgan fingerprint density at radius 1 is 1.00 bits per heavy atom.